The predicted molar refractivity (Wildman–Crippen MR) is 72.3 cm³/mol. The summed E-state index contributed by atoms with van der Waals surface area (Å²) in [5, 5.41) is 0. The smallest absolute Gasteiger partial charge is 0.191 e. The lowest BCUT2D eigenvalue weighted by molar-refractivity contribution is 0.138. The van der Waals surface area contributed by atoms with E-state index < -0.39 is 0 Å². The zero-order valence-corrected chi connectivity index (χ0v) is 11.2. The number of ether oxygens (including phenoxy) is 1. The highest BCUT2D eigenvalue weighted by molar-refractivity contribution is 5.78. The molecule has 100 valence electrons. The Balaban J connectivity index is 2.14. The number of rotatable bonds is 6. The fraction of sp³-hybridized carbons (Fsp3) is 0.923. The second kappa shape index (κ2) is 9.28. The zero-order valence-electron chi connectivity index (χ0n) is 11.2. The minimum absolute atomic E-state index is 0.687. The van der Waals surface area contributed by atoms with E-state index in [-0.39, 0.29) is 0 Å². The van der Waals surface area contributed by atoms with Gasteiger partial charge in [-0.25, -0.2) is 0 Å². The van der Waals surface area contributed by atoms with Crippen LogP contribution >= 0.6 is 0 Å². The summed E-state index contributed by atoms with van der Waals surface area (Å²) < 4.78 is 5.46. The van der Waals surface area contributed by atoms with Gasteiger partial charge in [0.05, 0.1) is 13.2 Å². The largest absolute Gasteiger partial charge is 0.380 e. The van der Waals surface area contributed by atoms with Crippen molar-refractivity contribution in [3.8, 4) is 0 Å². The molecular formula is C13H27N3O. The molecule has 2 N–H and O–H groups in total. The SMILES string of the molecule is CCCCOCCN=C(N)N1CCCCCC1. The molecule has 0 amide bonds. The standard InChI is InChI=1S/C13H27N3O/c1-2-3-11-17-12-8-15-13(14)16-9-6-4-5-7-10-16/h2-12H2,1H3,(H2,14,15). The third kappa shape index (κ3) is 6.51. The molecule has 0 spiro atoms. The molecule has 0 bridgehead atoms. The topological polar surface area (TPSA) is 50.9 Å². The summed E-state index contributed by atoms with van der Waals surface area (Å²) in [4.78, 5) is 6.59. The van der Waals surface area contributed by atoms with Crippen molar-refractivity contribution >= 4 is 5.96 Å². The monoisotopic (exact) mass is 241 g/mol. The van der Waals surface area contributed by atoms with E-state index in [1.807, 2.05) is 0 Å². The molecule has 4 nitrogen and oxygen atoms in total. The first-order valence-corrected chi connectivity index (χ1v) is 6.97. The van der Waals surface area contributed by atoms with Gasteiger partial charge in [-0.15, -0.1) is 0 Å². The lowest BCUT2D eigenvalue weighted by atomic mass is 10.2. The Morgan fingerprint density at radius 2 is 1.88 bits per heavy atom. The van der Waals surface area contributed by atoms with Crippen molar-refractivity contribution in [2.24, 2.45) is 10.7 Å². The first-order chi connectivity index (χ1) is 8.34. The lowest BCUT2D eigenvalue weighted by Crippen LogP contribution is -2.38. The zero-order chi connectivity index (χ0) is 12.3. The molecule has 1 aliphatic heterocycles. The van der Waals surface area contributed by atoms with Crippen LogP contribution in [0.1, 0.15) is 45.4 Å². The van der Waals surface area contributed by atoms with Crippen LogP contribution in [-0.4, -0.2) is 43.7 Å². The average molecular weight is 241 g/mol. The number of aliphatic imine (C=N–C) groups is 1. The number of guanidine groups is 1. The Bertz CT molecular complexity index is 211. The van der Waals surface area contributed by atoms with Crippen LogP contribution in [0.15, 0.2) is 4.99 Å². The quantitative estimate of drug-likeness (QED) is 0.439. The Morgan fingerprint density at radius 1 is 1.18 bits per heavy atom. The lowest BCUT2D eigenvalue weighted by Gasteiger charge is -2.21. The van der Waals surface area contributed by atoms with Crippen molar-refractivity contribution in [1.29, 1.82) is 0 Å². The molecular weight excluding hydrogens is 214 g/mol. The van der Waals surface area contributed by atoms with Gasteiger partial charge < -0.3 is 15.4 Å². The maximum absolute atomic E-state index is 5.98. The number of hydrogen-bond acceptors (Lipinski definition) is 2. The summed E-state index contributed by atoms with van der Waals surface area (Å²) >= 11 is 0. The van der Waals surface area contributed by atoms with Crippen LogP contribution < -0.4 is 5.73 Å². The van der Waals surface area contributed by atoms with E-state index in [4.69, 9.17) is 10.5 Å². The van der Waals surface area contributed by atoms with E-state index in [2.05, 4.69) is 16.8 Å². The fourth-order valence-corrected chi connectivity index (χ4v) is 1.97. The highest BCUT2D eigenvalue weighted by atomic mass is 16.5. The van der Waals surface area contributed by atoms with Gasteiger partial charge in [0.1, 0.15) is 0 Å². The summed E-state index contributed by atoms with van der Waals surface area (Å²) in [6, 6.07) is 0. The van der Waals surface area contributed by atoms with Gasteiger partial charge >= 0.3 is 0 Å². The number of unbranched alkanes of at least 4 members (excludes halogenated alkanes) is 1. The first kappa shape index (κ1) is 14.3. The van der Waals surface area contributed by atoms with E-state index >= 15 is 0 Å². The van der Waals surface area contributed by atoms with Gasteiger partial charge in [0, 0.05) is 19.7 Å². The van der Waals surface area contributed by atoms with Crippen LogP contribution in [0.5, 0.6) is 0 Å². The maximum atomic E-state index is 5.98. The number of nitrogens with zero attached hydrogens (tertiary/aromatic N) is 2. The van der Waals surface area contributed by atoms with Crippen molar-refractivity contribution in [3.63, 3.8) is 0 Å². The Hall–Kier alpha value is -0.770. The molecule has 1 fully saturated rings. The van der Waals surface area contributed by atoms with Crippen LogP contribution in [0.4, 0.5) is 0 Å². The minimum Gasteiger partial charge on any atom is -0.380 e. The molecule has 0 aromatic rings. The van der Waals surface area contributed by atoms with Gasteiger partial charge in [-0.1, -0.05) is 26.2 Å². The molecule has 0 aliphatic carbocycles. The molecule has 0 unspecified atom stereocenters. The van der Waals surface area contributed by atoms with Gasteiger partial charge in [-0.3, -0.25) is 4.99 Å². The molecule has 1 rings (SSSR count). The minimum atomic E-state index is 0.687. The summed E-state index contributed by atoms with van der Waals surface area (Å²) in [7, 11) is 0. The number of nitrogens with two attached hydrogens (primary N) is 1. The van der Waals surface area contributed by atoms with Crippen molar-refractivity contribution in [1.82, 2.24) is 4.90 Å². The normalized spacial score (nSPS) is 18.2. The Morgan fingerprint density at radius 3 is 2.53 bits per heavy atom. The van der Waals surface area contributed by atoms with Gasteiger partial charge in [0.15, 0.2) is 5.96 Å². The number of hydrogen-bond donors (Lipinski definition) is 1. The third-order valence-electron chi connectivity index (χ3n) is 3.08. The maximum Gasteiger partial charge on any atom is 0.191 e. The number of likely N-dealkylation sites (tertiary alicyclic amines) is 1. The van der Waals surface area contributed by atoms with E-state index in [0.717, 1.165) is 26.1 Å². The van der Waals surface area contributed by atoms with Crippen molar-refractivity contribution in [3.05, 3.63) is 0 Å². The molecule has 1 heterocycles. The predicted octanol–water partition coefficient (Wildman–Crippen LogP) is 1.99. The molecule has 1 aliphatic rings. The first-order valence-electron chi connectivity index (χ1n) is 6.97. The average Bonchev–Trinajstić information content (AvgIpc) is 2.62. The van der Waals surface area contributed by atoms with Crippen LogP contribution in [-0.2, 0) is 4.74 Å². The van der Waals surface area contributed by atoms with Gasteiger partial charge in [-0.05, 0) is 19.3 Å². The molecule has 0 aromatic carbocycles. The Labute approximate surface area is 105 Å². The molecule has 0 radical (unpaired) electrons. The molecule has 0 atom stereocenters. The van der Waals surface area contributed by atoms with E-state index in [1.54, 1.807) is 0 Å². The molecule has 1 saturated heterocycles. The van der Waals surface area contributed by atoms with Crippen LogP contribution in [0, 0.1) is 0 Å². The second-order valence-electron chi connectivity index (χ2n) is 4.61. The third-order valence-corrected chi connectivity index (χ3v) is 3.08. The molecule has 17 heavy (non-hydrogen) atoms. The van der Waals surface area contributed by atoms with Crippen molar-refractivity contribution < 1.29 is 4.74 Å². The van der Waals surface area contributed by atoms with Crippen molar-refractivity contribution in [2.75, 3.05) is 32.8 Å². The molecule has 0 aromatic heterocycles. The fourth-order valence-electron chi connectivity index (χ4n) is 1.97. The van der Waals surface area contributed by atoms with Gasteiger partial charge in [0.25, 0.3) is 0 Å². The highest BCUT2D eigenvalue weighted by Gasteiger charge is 2.10. The second-order valence-corrected chi connectivity index (χ2v) is 4.61. The van der Waals surface area contributed by atoms with Crippen LogP contribution in [0.25, 0.3) is 0 Å². The summed E-state index contributed by atoms with van der Waals surface area (Å²) in [5.41, 5.74) is 5.98. The van der Waals surface area contributed by atoms with Crippen molar-refractivity contribution in [2.45, 2.75) is 45.4 Å². The molecule has 4 heteroatoms. The summed E-state index contributed by atoms with van der Waals surface area (Å²) in [6.07, 6.45) is 7.44. The summed E-state index contributed by atoms with van der Waals surface area (Å²) in [6.45, 7) is 6.51. The Kier molecular flexibility index (Phi) is 7.80. The van der Waals surface area contributed by atoms with Crippen LogP contribution in [0.2, 0.25) is 0 Å². The highest BCUT2D eigenvalue weighted by Crippen LogP contribution is 2.08. The summed E-state index contributed by atoms with van der Waals surface area (Å²) in [5.74, 6) is 0.700. The van der Waals surface area contributed by atoms with Gasteiger partial charge in [-0.2, -0.15) is 0 Å². The van der Waals surface area contributed by atoms with Gasteiger partial charge in [0.2, 0.25) is 0 Å². The van der Waals surface area contributed by atoms with E-state index in [1.165, 1.54) is 32.1 Å². The van der Waals surface area contributed by atoms with E-state index in [9.17, 15) is 0 Å². The molecule has 0 saturated carbocycles. The van der Waals surface area contributed by atoms with E-state index in [0.29, 0.717) is 19.1 Å². The van der Waals surface area contributed by atoms with Crippen LogP contribution in [0.3, 0.4) is 0 Å².